The molecule has 1 heterocycles. The molecule has 0 spiro atoms. The minimum atomic E-state index is -0.623. The summed E-state index contributed by atoms with van der Waals surface area (Å²) in [6, 6.07) is 11.4. The van der Waals surface area contributed by atoms with E-state index in [9.17, 15) is 9.18 Å². The SMILES string of the molecule is COc1ccc(CC(=O)Nc2cccc(F)n2)cc1. The third-order valence-corrected chi connectivity index (χ3v) is 2.51. The van der Waals surface area contributed by atoms with Crippen LogP contribution in [0.5, 0.6) is 5.75 Å². The number of hydrogen-bond acceptors (Lipinski definition) is 3. The second kappa shape index (κ2) is 5.95. The molecule has 4 nitrogen and oxygen atoms in total. The van der Waals surface area contributed by atoms with Gasteiger partial charge in [-0.15, -0.1) is 0 Å². The summed E-state index contributed by atoms with van der Waals surface area (Å²) in [4.78, 5) is 15.3. The fraction of sp³-hybridized carbons (Fsp3) is 0.143. The highest BCUT2D eigenvalue weighted by Crippen LogP contribution is 2.12. The number of methoxy groups -OCH3 is 1. The molecular formula is C14H13FN2O2. The molecule has 0 saturated carbocycles. The number of rotatable bonds is 4. The number of pyridine rings is 1. The predicted molar refractivity (Wildman–Crippen MR) is 69.5 cm³/mol. The zero-order chi connectivity index (χ0) is 13.7. The Morgan fingerprint density at radius 2 is 2.00 bits per heavy atom. The molecular weight excluding hydrogens is 247 g/mol. The standard InChI is InChI=1S/C14H13FN2O2/c1-19-11-7-5-10(6-8-11)9-14(18)17-13-4-2-3-12(15)16-13/h2-8H,9H2,1H3,(H,16,17,18). The second-order valence-electron chi connectivity index (χ2n) is 3.92. The molecule has 0 radical (unpaired) electrons. The molecule has 1 aromatic carbocycles. The lowest BCUT2D eigenvalue weighted by Crippen LogP contribution is -2.15. The lowest BCUT2D eigenvalue weighted by Gasteiger charge is -2.05. The fourth-order valence-corrected chi connectivity index (χ4v) is 1.59. The van der Waals surface area contributed by atoms with E-state index in [2.05, 4.69) is 10.3 Å². The van der Waals surface area contributed by atoms with E-state index in [1.807, 2.05) is 0 Å². The summed E-state index contributed by atoms with van der Waals surface area (Å²) in [5.74, 6) is 0.0694. The number of benzene rings is 1. The molecule has 0 unspecified atom stereocenters. The van der Waals surface area contributed by atoms with Crippen LogP contribution in [0.3, 0.4) is 0 Å². The van der Waals surface area contributed by atoms with Crippen molar-refractivity contribution in [3.63, 3.8) is 0 Å². The Hall–Kier alpha value is -2.43. The smallest absolute Gasteiger partial charge is 0.229 e. The summed E-state index contributed by atoms with van der Waals surface area (Å²) in [7, 11) is 1.58. The van der Waals surface area contributed by atoms with Crippen molar-refractivity contribution in [2.24, 2.45) is 0 Å². The van der Waals surface area contributed by atoms with Crippen molar-refractivity contribution < 1.29 is 13.9 Å². The normalized spacial score (nSPS) is 10.0. The van der Waals surface area contributed by atoms with Gasteiger partial charge in [-0.1, -0.05) is 18.2 Å². The molecule has 0 aliphatic heterocycles. The van der Waals surface area contributed by atoms with Crippen molar-refractivity contribution in [3.05, 3.63) is 54.0 Å². The van der Waals surface area contributed by atoms with Crippen molar-refractivity contribution in [2.75, 3.05) is 12.4 Å². The lowest BCUT2D eigenvalue weighted by atomic mass is 10.1. The molecule has 0 atom stereocenters. The van der Waals surface area contributed by atoms with Gasteiger partial charge in [-0.2, -0.15) is 4.39 Å². The van der Waals surface area contributed by atoms with Crippen molar-refractivity contribution in [3.8, 4) is 5.75 Å². The Kier molecular flexibility index (Phi) is 4.07. The highest BCUT2D eigenvalue weighted by molar-refractivity contribution is 5.91. The number of hydrogen-bond donors (Lipinski definition) is 1. The topological polar surface area (TPSA) is 51.2 Å². The molecule has 1 aromatic heterocycles. The van der Waals surface area contributed by atoms with Crippen molar-refractivity contribution in [1.29, 1.82) is 0 Å². The number of amides is 1. The van der Waals surface area contributed by atoms with E-state index in [1.165, 1.54) is 18.2 Å². The quantitative estimate of drug-likeness (QED) is 0.859. The van der Waals surface area contributed by atoms with Crippen LogP contribution in [0.4, 0.5) is 10.2 Å². The average molecular weight is 260 g/mol. The van der Waals surface area contributed by atoms with Crippen LogP contribution >= 0.6 is 0 Å². The summed E-state index contributed by atoms with van der Waals surface area (Å²) in [5, 5.41) is 2.54. The number of halogens is 1. The Morgan fingerprint density at radius 3 is 2.63 bits per heavy atom. The molecule has 5 heteroatoms. The lowest BCUT2D eigenvalue weighted by molar-refractivity contribution is -0.115. The molecule has 0 aliphatic rings. The van der Waals surface area contributed by atoms with Gasteiger partial charge in [0.25, 0.3) is 0 Å². The van der Waals surface area contributed by atoms with E-state index in [0.29, 0.717) is 0 Å². The van der Waals surface area contributed by atoms with E-state index in [1.54, 1.807) is 31.4 Å². The molecule has 98 valence electrons. The predicted octanol–water partition coefficient (Wildman–Crippen LogP) is 2.41. The van der Waals surface area contributed by atoms with E-state index in [0.717, 1.165) is 11.3 Å². The van der Waals surface area contributed by atoms with Crippen LogP contribution in [0.1, 0.15) is 5.56 Å². The minimum Gasteiger partial charge on any atom is -0.497 e. The largest absolute Gasteiger partial charge is 0.497 e. The average Bonchev–Trinajstić information content (AvgIpc) is 2.39. The van der Waals surface area contributed by atoms with Gasteiger partial charge in [-0.3, -0.25) is 4.79 Å². The molecule has 1 amide bonds. The van der Waals surface area contributed by atoms with Crippen LogP contribution in [0.15, 0.2) is 42.5 Å². The zero-order valence-electron chi connectivity index (χ0n) is 10.4. The zero-order valence-corrected chi connectivity index (χ0v) is 10.4. The van der Waals surface area contributed by atoms with E-state index in [4.69, 9.17) is 4.74 Å². The van der Waals surface area contributed by atoms with Gasteiger partial charge in [0.2, 0.25) is 11.9 Å². The van der Waals surface area contributed by atoms with Gasteiger partial charge in [0.1, 0.15) is 11.6 Å². The number of nitrogens with one attached hydrogen (secondary N) is 1. The first-order valence-corrected chi connectivity index (χ1v) is 5.73. The van der Waals surface area contributed by atoms with Crippen LogP contribution in [0.2, 0.25) is 0 Å². The van der Waals surface area contributed by atoms with Crippen molar-refractivity contribution >= 4 is 11.7 Å². The molecule has 2 rings (SSSR count). The molecule has 0 saturated heterocycles. The van der Waals surface area contributed by atoms with Crippen LogP contribution < -0.4 is 10.1 Å². The summed E-state index contributed by atoms with van der Waals surface area (Å²) in [6.45, 7) is 0. The maximum atomic E-state index is 12.9. The molecule has 0 bridgehead atoms. The monoisotopic (exact) mass is 260 g/mol. The van der Waals surface area contributed by atoms with E-state index < -0.39 is 5.95 Å². The van der Waals surface area contributed by atoms with Gasteiger partial charge < -0.3 is 10.1 Å². The highest BCUT2D eigenvalue weighted by Gasteiger charge is 2.05. The number of nitrogens with zero attached hydrogens (tertiary/aromatic N) is 1. The van der Waals surface area contributed by atoms with Crippen LogP contribution in [0, 0.1) is 5.95 Å². The molecule has 1 N–H and O–H groups in total. The Morgan fingerprint density at radius 1 is 1.26 bits per heavy atom. The first-order chi connectivity index (χ1) is 9.17. The molecule has 0 fully saturated rings. The van der Waals surface area contributed by atoms with Gasteiger partial charge in [0.05, 0.1) is 13.5 Å². The second-order valence-corrected chi connectivity index (χ2v) is 3.92. The third-order valence-electron chi connectivity index (χ3n) is 2.51. The maximum Gasteiger partial charge on any atom is 0.229 e. The number of aromatic nitrogens is 1. The van der Waals surface area contributed by atoms with Crippen molar-refractivity contribution in [1.82, 2.24) is 4.98 Å². The van der Waals surface area contributed by atoms with Crippen molar-refractivity contribution in [2.45, 2.75) is 6.42 Å². The highest BCUT2D eigenvalue weighted by atomic mass is 19.1. The summed E-state index contributed by atoms with van der Waals surface area (Å²) < 4.78 is 17.9. The van der Waals surface area contributed by atoms with Gasteiger partial charge in [-0.25, -0.2) is 4.98 Å². The number of anilines is 1. The van der Waals surface area contributed by atoms with Crippen LogP contribution in [0.25, 0.3) is 0 Å². The molecule has 2 aromatic rings. The Bertz CT molecular complexity index is 570. The van der Waals surface area contributed by atoms with Gasteiger partial charge in [0.15, 0.2) is 0 Å². The number of ether oxygens (including phenoxy) is 1. The summed E-state index contributed by atoms with van der Waals surface area (Å²) >= 11 is 0. The van der Waals surface area contributed by atoms with Gasteiger partial charge in [-0.05, 0) is 29.8 Å². The number of carbonyl (C=O) groups excluding carboxylic acids is 1. The van der Waals surface area contributed by atoms with Crippen LogP contribution in [-0.4, -0.2) is 18.0 Å². The van der Waals surface area contributed by atoms with Gasteiger partial charge >= 0.3 is 0 Å². The van der Waals surface area contributed by atoms with E-state index >= 15 is 0 Å². The third kappa shape index (κ3) is 3.77. The van der Waals surface area contributed by atoms with E-state index in [-0.39, 0.29) is 18.1 Å². The number of carbonyl (C=O) groups is 1. The Balaban J connectivity index is 1.97. The molecule has 19 heavy (non-hydrogen) atoms. The summed E-state index contributed by atoms with van der Waals surface area (Å²) in [5.41, 5.74) is 0.842. The van der Waals surface area contributed by atoms with Gasteiger partial charge in [0, 0.05) is 0 Å². The first-order valence-electron chi connectivity index (χ1n) is 5.73. The summed E-state index contributed by atoms with van der Waals surface area (Å²) in [6.07, 6.45) is 0.197. The fourth-order valence-electron chi connectivity index (χ4n) is 1.59. The first kappa shape index (κ1) is 13.0. The minimum absolute atomic E-state index is 0.197. The molecule has 0 aliphatic carbocycles. The maximum absolute atomic E-state index is 12.9. The van der Waals surface area contributed by atoms with Crippen LogP contribution in [-0.2, 0) is 11.2 Å². The Labute approximate surface area is 110 Å².